The average molecular weight is 444 g/mol. The van der Waals surface area contributed by atoms with Crippen LogP contribution in [0.2, 0.25) is 0 Å². The average Bonchev–Trinajstić information content (AvgIpc) is 2.78. The lowest BCUT2D eigenvalue weighted by molar-refractivity contribution is 0.0930. The Balaban J connectivity index is 1.85. The van der Waals surface area contributed by atoms with Crippen LogP contribution < -0.4 is 10.1 Å². The van der Waals surface area contributed by atoms with Gasteiger partial charge in [-0.1, -0.05) is 92.9 Å². The van der Waals surface area contributed by atoms with Crippen molar-refractivity contribution >= 4 is 5.91 Å². The van der Waals surface area contributed by atoms with Crippen molar-refractivity contribution in [3.63, 3.8) is 0 Å². The summed E-state index contributed by atoms with van der Waals surface area (Å²) in [6.45, 7) is 11.2. The Hall–Kier alpha value is -3.07. The number of carbonyl (C=O) groups is 1. The van der Waals surface area contributed by atoms with E-state index in [4.69, 9.17) is 4.74 Å². The second-order valence-electron chi connectivity index (χ2n) is 9.42. The van der Waals surface area contributed by atoms with E-state index in [1.165, 1.54) is 16.7 Å². The third-order valence-corrected chi connectivity index (χ3v) is 5.75. The Bertz CT molecular complexity index is 1040. The van der Waals surface area contributed by atoms with Gasteiger partial charge in [0.2, 0.25) is 0 Å². The topological polar surface area (TPSA) is 38.3 Å². The molecule has 0 aromatic heterocycles. The lowest BCUT2D eigenvalue weighted by Crippen LogP contribution is -2.30. The Labute approximate surface area is 199 Å². The molecule has 1 N–H and O–H groups in total. The van der Waals surface area contributed by atoms with Gasteiger partial charge in [0.15, 0.2) is 0 Å². The highest BCUT2D eigenvalue weighted by atomic mass is 16.5. The molecule has 3 aromatic rings. The van der Waals surface area contributed by atoms with Crippen molar-refractivity contribution in [2.24, 2.45) is 5.92 Å². The largest absolute Gasteiger partial charge is 0.489 e. The van der Waals surface area contributed by atoms with E-state index in [2.05, 4.69) is 58.1 Å². The van der Waals surface area contributed by atoms with Crippen molar-refractivity contribution in [1.29, 1.82) is 0 Å². The van der Waals surface area contributed by atoms with Gasteiger partial charge in [-0.2, -0.15) is 0 Å². The second-order valence-corrected chi connectivity index (χ2v) is 9.42. The van der Waals surface area contributed by atoms with Gasteiger partial charge in [0.05, 0.1) is 6.04 Å². The second kappa shape index (κ2) is 11.7. The van der Waals surface area contributed by atoms with Gasteiger partial charge in [-0.3, -0.25) is 4.79 Å². The highest BCUT2D eigenvalue weighted by Gasteiger charge is 2.20. The maximum Gasteiger partial charge on any atom is 0.252 e. The summed E-state index contributed by atoms with van der Waals surface area (Å²) in [6, 6.07) is 22.5. The molecule has 0 saturated carbocycles. The molecule has 1 amide bonds. The molecule has 33 heavy (non-hydrogen) atoms. The molecule has 0 fully saturated rings. The van der Waals surface area contributed by atoms with Crippen molar-refractivity contribution in [3.8, 4) is 5.75 Å². The number of hydrogen-bond acceptors (Lipinski definition) is 2. The zero-order valence-electron chi connectivity index (χ0n) is 20.7. The normalized spacial score (nSPS) is 11.9. The fourth-order valence-electron chi connectivity index (χ4n) is 4.28. The van der Waals surface area contributed by atoms with Crippen molar-refractivity contribution in [3.05, 3.63) is 100 Å². The number of aryl methyl sites for hydroxylation is 3. The van der Waals surface area contributed by atoms with E-state index < -0.39 is 0 Å². The predicted octanol–water partition coefficient (Wildman–Crippen LogP) is 7.35. The SMILES string of the molecule is CCCc1ccc(OCc2ccccc2)cc1C(=O)NC(CC(C)C)c1cc(C)cc(C)c1. The van der Waals surface area contributed by atoms with Crippen LogP contribution in [0.5, 0.6) is 5.75 Å². The van der Waals surface area contributed by atoms with E-state index in [9.17, 15) is 4.79 Å². The monoisotopic (exact) mass is 443 g/mol. The minimum atomic E-state index is -0.0339. The Morgan fingerprint density at radius 2 is 1.64 bits per heavy atom. The number of carbonyl (C=O) groups excluding carboxylic acids is 1. The molecule has 0 radical (unpaired) electrons. The first kappa shape index (κ1) is 24.6. The van der Waals surface area contributed by atoms with Crippen molar-refractivity contribution < 1.29 is 9.53 Å². The molecule has 0 heterocycles. The summed E-state index contributed by atoms with van der Waals surface area (Å²) in [5, 5.41) is 3.34. The van der Waals surface area contributed by atoms with Crippen LogP contribution >= 0.6 is 0 Å². The molecule has 3 nitrogen and oxygen atoms in total. The first-order chi connectivity index (χ1) is 15.9. The molecule has 0 saturated heterocycles. The third-order valence-electron chi connectivity index (χ3n) is 5.75. The lowest BCUT2D eigenvalue weighted by atomic mass is 9.93. The van der Waals surface area contributed by atoms with Gasteiger partial charge < -0.3 is 10.1 Å². The maximum absolute atomic E-state index is 13.5. The summed E-state index contributed by atoms with van der Waals surface area (Å²) in [5.74, 6) is 1.15. The Morgan fingerprint density at radius 1 is 0.939 bits per heavy atom. The van der Waals surface area contributed by atoms with E-state index in [-0.39, 0.29) is 11.9 Å². The molecule has 1 unspecified atom stereocenters. The summed E-state index contributed by atoms with van der Waals surface area (Å²) >= 11 is 0. The van der Waals surface area contributed by atoms with Gasteiger partial charge in [-0.15, -0.1) is 0 Å². The van der Waals surface area contributed by atoms with Gasteiger partial charge in [0.25, 0.3) is 5.91 Å². The molecule has 0 bridgehead atoms. The first-order valence-electron chi connectivity index (χ1n) is 12.0. The van der Waals surface area contributed by atoms with Crippen LogP contribution in [0.15, 0.2) is 66.7 Å². The summed E-state index contributed by atoms with van der Waals surface area (Å²) in [4.78, 5) is 13.5. The Morgan fingerprint density at radius 3 is 2.27 bits per heavy atom. The van der Waals surface area contributed by atoms with Crippen molar-refractivity contribution in [1.82, 2.24) is 5.32 Å². The van der Waals surface area contributed by atoms with Crippen LogP contribution in [0, 0.1) is 19.8 Å². The molecule has 3 aromatic carbocycles. The van der Waals surface area contributed by atoms with Crippen LogP contribution in [0.4, 0.5) is 0 Å². The molecule has 0 spiro atoms. The van der Waals surface area contributed by atoms with E-state index in [1.54, 1.807) is 0 Å². The van der Waals surface area contributed by atoms with Crippen LogP contribution in [0.1, 0.15) is 77.8 Å². The van der Waals surface area contributed by atoms with Crippen LogP contribution in [-0.4, -0.2) is 5.91 Å². The molecule has 0 aliphatic rings. The fourth-order valence-corrected chi connectivity index (χ4v) is 4.28. The van der Waals surface area contributed by atoms with Crippen LogP contribution in [0.25, 0.3) is 0 Å². The lowest BCUT2D eigenvalue weighted by Gasteiger charge is -2.23. The van der Waals surface area contributed by atoms with Gasteiger partial charge in [0, 0.05) is 5.56 Å². The van der Waals surface area contributed by atoms with E-state index >= 15 is 0 Å². The highest BCUT2D eigenvalue weighted by Crippen LogP contribution is 2.26. The van der Waals surface area contributed by atoms with E-state index in [0.717, 1.165) is 36.1 Å². The van der Waals surface area contributed by atoms with Gasteiger partial charge in [-0.05, 0) is 61.4 Å². The summed E-state index contributed by atoms with van der Waals surface area (Å²) in [6.07, 6.45) is 2.74. The predicted molar refractivity (Wildman–Crippen MR) is 137 cm³/mol. The number of benzene rings is 3. The van der Waals surface area contributed by atoms with Gasteiger partial charge in [-0.25, -0.2) is 0 Å². The minimum absolute atomic E-state index is 0.0283. The molecular formula is C30H37NO2. The van der Waals surface area contributed by atoms with Gasteiger partial charge >= 0.3 is 0 Å². The van der Waals surface area contributed by atoms with Crippen LogP contribution in [0.3, 0.4) is 0 Å². The fraction of sp³-hybridized carbons (Fsp3) is 0.367. The van der Waals surface area contributed by atoms with E-state index in [0.29, 0.717) is 18.1 Å². The third kappa shape index (κ3) is 7.21. The summed E-state index contributed by atoms with van der Waals surface area (Å²) in [5.41, 5.74) is 6.48. The quantitative estimate of drug-likeness (QED) is 0.356. The molecule has 0 aliphatic heterocycles. The van der Waals surface area contributed by atoms with Gasteiger partial charge in [0.1, 0.15) is 12.4 Å². The number of rotatable bonds is 10. The molecular weight excluding hydrogens is 406 g/mol. The molecule has 3 rings (SSSR count). The highest BCUT2D eigenvalue weighted by molar-refractivity contribution is 5.96. The molecule has 174 valence electrons. The number of amides is 1. The van der Waals surface area contributed by atoms with Crippen LogP contribution in [-0.2, 0) is 13.0 Å². The van der Waals surface area contributed by atoms with Crippen molar-refractivity contribution in [2.75, 3.05) is 0 Å². The summed E-state index contributed by atoms with van der Waals surface area (Å²) < 4.78 is 6.02. The Kier molecular flexibility index (Phi) is 8.71. The zero-order chi connectivity index (χ0) is 23.8. The minimum Gasteiger partial charge on any atom is -0.489 e. The van der Waals surface area contributed by atoms with E-state index in [1.807, 2.05) is 48.5 Å². The maximum atomic E-state index is 13.5. The molecule has 1 atom stereocenters. The molecule has 3 heteroatoms. The first-order valence-corrected chi connectivity index (χ1v) is 12.0. The molecule has 0 aliphatic carbocycles. The smallest absolute Gasteiger partial charge is 0.252 e. The number of hydrogen-bond donors (Lipinski definition) is 1. The number of nitrogens with one attached hydrogen (secondary N) is 1. The zero-order valence-corrected chi connectivity index (χ0v) is 20.7. The standard InChI is InChI=1S/C30H37NO2/c1-6-10-25-13-14-27(33-20-24-11-8-7-9-12-24)19-28(25)30(32)31-29(15-21(2)3)26-17-22(4)16-23(5)18-26/h7-9,11-14,16-19,21,29H,6,10,15,20H2,1-5H3,(H,31,32). The number of ether oxygens (including phenoxy) is 1. The van der Waals surface area contributed by atoms with Crippen molar-refractivity contribution in [2.45, 2.75) is 66.5 Å². The summed E-state index contributed by atoms with van der Waals surface area (Å²) in [7, 11) is 0.